The maximum atomic E-state index is 12.4. The average molecular weight is 319 g/mol. The smallest absolute Gasteiger partial charge is 0.240 e. The molecule has 0 bridgehead atoms. The zero-order valence-electron chi connectivity index (χ0n) is 12.1. The van der Waals surface area contributed by atoms with Crippen LogP contribution in [0.4, 0.5) is 5.69 Å². The first-order valence-electron chi connectivity index (χ1n) is 6.98. The number of hydrogen-bond acceptors (Lipinski definition) is 5. The molecular formula is C15H17N3O3S. The highest BCUT2D eigenvalue weighted by Gasteiger charge is 2.20. The molecule has 7 heteroatoms. The molecule has 22 heavy (non-hydrogen) atoms. The SMILES string of the molecule is CC1CNc2cc(S(=O)(=O)NCc3cccnc3)ccc2O1. The Morgan fingerprint density at radius 2 is 2.27 bits per heavy atom. The number of ether oxygens (including phenoxy) is 1. The molecule has 2 N–H and O–H groups in total. The van der Waals surface area contributed by atoms with E-state index in [-0.39, 0.29) is 17.5 Å². The van der Waals surface area contributed by atoms with Crippen molar-refractivity contribution in [3.8, 4) is 5.75 Å². The molecule has 1 unspecified atom stereocenters. The minimum absolute atomic E-state index is 0.0682. The van der Waals surface area contributed by atoms with Gasteiger partial charge in [-0.2, -0.15) is 0 Å². The van der Waals surface area contributed by atoms with Crippen LogP contribution in [0.25, 0.3) is 0 Å². The Hall–Kier alpha value is -2.12. The Balaban J connectivity index is 1.78. The molecule has 1 aromatic carbocycles. The van der Waals surface area contributed by atoms with Crippen LogP contribution in [0.1, 0.15) is 12.5 Å². The van der Waals surface area contributed by atoms with Crippen LogP contribution in [0.3, 0.4) is 0 Å². The molecule has 0 radical (unpaired) electrons. The number of fused-ring (bicyclic) bond motifs is 1. The van der Waals surface area contributed by atoms with E-state index < -0.39 is 10.0 Å². The lowest BCUT2D eigenvalue weighted by molar-refractivity contribution is 0.226. The molecule has 1 aliphatic heterocycles. The summed E-state index contributed by atoms with van der Waals surface area (Å²) in [7, 11) is -3.58. The summed E-state index contributed by atoms with van der Waals surface area (Å²) in [4.78, 5) is 4.17. The van der Waals surface area contributed by atoms with E-state index in [1.807, 2.05) is 13.0 Å². The van der Waals surface area contributed by atoms with E-state index in [1.54, 1.807) is 36.7 Å². The van der Waals surface area contributed by atoms with E-state index in [2.05, 4.69) is 15.0 Å². The number of nitrogens with zero attached hydrogens (tertiary/aromatic N) is 1. The number of sulfonamides is 1. The van der Waals surface area contributed by atoms with Crippen LogP contribution in [0.15, 0.2) is 47.6 Å². The van der Waals surface area contributed by atoms with Crippen LogP contribution in [0.2, 0.25) is 0 Å². The van der Waals surface area contributed by atoms with Gasteiger partial charge < -0.3 is 10.1 Å². The minimum atomic E-state index is -3.58. The molecule has 6 nitrogen and oxygen atoms in total. The predicted molar refractivity (Wildman–Crippen MR) is 83.3 cm³/mol. The number of rotatable bonds is 4. The van der Waals surface area contributed by atoms with Crippen molar-refractivity contribution < 1.29 is 13.2 Å². The minimum Gasteiger partial charge on any atom is -0.487 e. The van der Waals surface area contributed by atoms with E-state index in [4.69, 9.17) is 4.74 Å². The zero-order chi connectivity index (χ0) is 15.6. The summed E-state index contributed by atoms with van der Waals surface area (Å²) in [5.74, 6) is 0.671. The van der Waals surface area contributed by atoms with E-state index in [0.29, 0.717) is 18.0 Å². The first-order valence-corrected chi connectivity index (χ1v) is 8.46. The van der Waals surface area contributed by atoms with Crippen molar-refractivity contribution in [1.29, 1.82) is 0 Å². The molecular weight excluding hydrogens is 302 g/mol. The van der Waals surface area contributed by atoms with Crippen molar-refractivity contribution in [3.63, 3.8) is 0 Å². The highest BCUT2D eigenvalue weighted by Crippen LogP contribution is 2.31. The van der Waals surface area contributed by atoms with Crippen LogP contribution in [0, 0.1) is 0 Å². The Morgan fingerprint density at radius 3 is 3.05 bits per heavy atom. The van der Waals surface area contributed by atoms with Crippen LogP contribution >= 0.6 is 0 Å². The number of pyridine rings is 1. The normalized spacial score (nSPS) is 17.2. The second-order valence-corrected chi connectivity index (χ2v) is 6.92. The van der Waals surface area contributed by atoms with Crippen molar-refractivity contribution >= 4 is 15.7 Å². The van der Waals surface area contributed by atoms with Crippen LogP contribution in [-0.2, 0) is 16.6 Å². The average Bonchev–Trinajstić information content (AvgIpc) is 2.53. The summed E-state index contributed by atoms with van der Waals surface area (Å²) in [5, 5.41) is 3.17. The Bertz CT molecular complexity index is 763. The fourth-order valence-electron chi connectivity index (χ4n) is 2.19. The molecule has 0 aliphatic carbocycles. The summed E-state index contributed by atoms with van der Waals surface area (Å²) in [6.07, 6.45) is 3.35. The van der Waals surface area contributed by atoms with Crippen molar-refractivity contribution in [2.24, 2.45) is 0 Å². The topological polar surface area (TPSA) is 80.3 Å². The zero-order valence-corrected chi connectivity index (χ0v) is 12.9. The van der Waals surface area contributed by atoms with Crippen LogP contribution in [-0.4, -0.2) is 26.1 Å². The third kappa shape index (κ3) is 3.20. The van der Waals surface area contributed by atoms with Gasteiger partial charge >= 0.3 is 0 Å². The molecule has 1 aliphatic rings. The molecule has 0 spiro atoms. The second-order valence-electron chi connectivity index (χ2n) is 5.15. The third-order valence-corrected chi connectivity index (χ3v) is 4.76. The van der Waals surface area contributed by atoms with Crippen LogP contribution in [0.5, 0.6) is 5.75 Å². The largest absolute Gasteiger partial charge is 0.487 e. The van der Waals surface area contributed by atoms with Gasteiger partial charge in [0.15, 0.2) is 0 Å². The van der Waals surface area contributed by atoms with Crippen molar-refractivity contribution in [1.82, 2.24) is 9.71 Å². The first-order chi connectivity index (χ1) is 10.5. The van der Waals surface area contributed by atoms with Crippen molar-refractivity contribution in [3.05, 3.63) is 48.3 Å². The van der Waals surface area contributed by atoms with Gasteiger partial charge in [0.1, 0.15) is 11.9 Å². The second kappa shape index (κ2) is 5.94. The molecule has 1 atom stereocenters. The highest BCUT2D eigenvalue weighted by molar-refractivity contribution is 7.89. The summed E-state index contributed by atoms with van der Waals surface area (Å²) < 4.78 is 32.9. The number of hydrogen-bond donors (Lipinski definition) is 2. The maximum Gasteiger partial charge on any atom is 0.240 e. The molecule has 0 saturated carbocycles. The number of aromatic nitrogens is 1. The van der Waals surface area contributed by atoms with Gasteiger partial charge in [-0.25, -0.2) is 13.1 Å². The van der Waals surface area contributed by atoms with Gasteiger partial charge in [-0.15, -0.1) is 0 Å². The van der Waals surface area contributed by atoms with Gasteiger partial charge in [0.05, 0.1) is 17.1 Å². The van der Waals surface area contributed by atoms with E-state index in [1.165, 1.54) is 0 Å². The summed E-state index contributed by atoms with van der Waals surface area (Å²) in [6, 6.07) is 8.40. The first kappa shape index (κ1) is 14.8. The summed E-state index contributed by atoms with van der Waals surface area (Å²) >= 11 is 0. The Kier molecular flexibility index (Phi) is 4.00. The fraction of sp³-hybridized carbons (Fsp3) is 0.267. The summed E-state index contributed by atoms with van der Waals surface area (Å²) in [5.41, 5.74) is 1.50. The standard InChI is InChI=1S/C15H17N3O3S/c1-11-8-17-14-7-13(4-5-15(14)21-11)22(19,20)18-10-12-3-2-6-16-9-12/h2-7,9,11,17-18H,8,10H2,1H3. The fourth-order valence-corrected chi connectivity index (χ4v) is 3.24. The van der Waals surface area contributed by atoms with Gasteiger partial charge in [-0.05, 0) is 36.8 Å². The van der Waals surface area contributed by atoms with Gasteiger partial charge in [-0.1, -0.05) is 6.07 Å². The Labute approximate surface area is 129 Å². The summed E-state index contributed by atoms with van der Waals surface area (Å²) in [6.45, 7) is 2.81. The van der Waals surface area contributed by atoms with Gasteiger partial charge in [-0.3, -0.25) is 4.98 Å². The number of benzene rings is 1. The third-order valence-electron chi connectivity index (χ3n) is 3.36. The molecule has 0 fully saturated rings. The monoisotopic (exact) mass is 319 g/mol. The number of nitrogens with one attached hydrogen (secondary N) is 2. The van der Waals surface area contributed by atoms with E-state index in [0.717, 1.165) is 5.56 Å². The lowest BCUT2D eigenvalue weighted by Crippen LogP contribution is -2.28. The molecule has 3 rings (SSSR count). The van der Waals surface area contributed by atoms with Gasteiger partial charge in [0.2, 0.25) is 10.0 Å². The highest BCUT2D eigenvalue weighted by atomic mass is 32.2. The maximum absolute atomic E-state index is 12.4. The molecule has 0 saturated heterocycles. The molecule has 116 valence electrons. The predicted octanol–water partition coefficient (Wildman–Crippen LogP) is 1.75. The molecule has 1 aromatic heterocycles. The number of anilines is 1. The quantitative estimate of drug-likeness (QED) is 0.897. The molecule has 0 amide bonds. The van der Waals surface area contributed by atoms with E-state index in [9.17, 15) is 8.42 Å². The molecule has 2 aromatic rings. The molecule has 2 heterocycles. The van der Waals surface area contributed by atoms with Crippen molar-refractivity contribution in [2.45, 2.75) is 24.5 Å². The van der Waals surface area contributed by atoms with Gasteiger partial charge in [0, 0.05) is 18.9 Å². The van der Waals surface area contributed by atoms with Crippen molar-refractivity contribution in [2.75, 3.05) is 11.9 Å². The van der Waals surface area contributed by atoms with Gasteiger partial charge in [0.25, 0.3) is 0 Å². The van der Waals surface area contributed by atoms with Crippen LogP contribution < -0.4 is 14.8 Å². The lowest BCUT2D eigenvalue weighted by Gasteiger charge is -2.25. The lowest BCUT2D eigenvalue weighted by atomic mass is 10.2. The Morgan fingerprint density at radius 1 is 1.41 bits per heavy atom. The van der Waals surface area contributed by atoms with E-state index >= 15 is 0 Å².